The van der Waals surface area contributed by atoms with Gasteiger partial charge in [-0.15, -0.1) is 0 Å². The zero-order chi connectivity index (χ0) is 15.2. The van der Waals surface area contributed by atoms with Crippen molar-refractivity contribution in [3.05, 3.63) is 0 Å². The van der Waals surface area contributed by atoms with Crippen LogP contribution in [0.3, 0.4) is 0 Å². The summed E-state index contributed by atoms with van der Waals surface area (Å²) in [7, 11) is 0. The fourth-order valence-electron chi connectivity index (χ4n) is 1.50. The Bertz CT molecular complexity index is 447. The number of hydrogen-bond acceptors (Lipinski definition) is 3. The van der Waals surface area contributed by atoms with Crippen LogP contribution in [-0.4, -0.2) is 46.2 Å². The van der Waals surface area contributed by atoms with Crippen LogP contribution in [0.5, 0.6) is 0 Å². The summed E-state index contributed by atoms with van der Waals surface area (Å²) in [6.45, 7) is 2.32. The summed E-state index contributed by atoms with van der Waals surface area (Å²) in [4.78, 5) is 34.3. The van der Waals surface area contributed by atoms with Gasteiger partial charge in [0, 0.05) is 6.54 Å². The number of imide groups is 1. The average Bonchev–Trinajstić information content (AvgIpc) is 2.42. The summed E-state index contributed by atoms with van der Waals surface area (Å²) in [6.07, 6.45) is -4.96. The number of urea groups is 1. The van der Waals surface area contributed by atoms with Gasteiger partial charge in [-0.2, -0.15) is 13.2 Å². The Morgan fingerprint density at radius 3 is 2.16 bits per heavy atom. The lowest BCUT2D eigenvalue weighted by atomic mass is 9.92. The summed E-state index contributed by atoms with van der Waals surface area (Å²) in [5, 5.41) is 10.4. The van der Waals surface area contributed by atoms with E-state index in [9.17, 15) is 27.6 Å². The van der Waals surface area contributed by atoms with Crippen molar-refractivity contribution in [2.45, 2.75) is 32.5 Å². The second kappa shape index (κ2) is 4.10. The highest BCUT2D eigenvalue weighted by Gasteiger charge is 2.64. The number of carbonyl (C=O) groups is 3. The number of amides is 3. The first-order chi connectivity index (χ1) is 8.33. The Hall–Kier alpha value is -1.80. The summed E-state index contributed by atoms with van der Waals surface area (Å²) in [6, 6.07) is -1.25. The number of nitrogens with one attached hydrogen (secondary N) is 1. The van der Waals surface area contributed by atoms with Gasteiger partial charge in [-0.05, 0) is 20.8 Å². The van der Waals surface area contributed by atoms with Gasteiger partial charge in [-0.1, -0.05) is 0 Å². The number of halogens is 3. The number of carboxylic acid groups (broad SMARTS) is 1. The zero-order valence-electron chi connectivity index (χ0n) is 10.5. The van der Waals surface area contributed by atoms with Gasteiger partial charge in [0.1, 0.15) is 0 Å². The van der Waals surface area contributed by atoms with Crippen LogP contribution in [0, 0.1) is 5.41 Å². The predicted octanol–water partition coefficient (Wildman–Crippen LogP) is 0.970. The molecule has 0 radical (unpaired) electrons. The van der Waals surface area contributed by atoms with Crippen molar-refractivity contribution in [1.29, 1.82) is 0 Å². The second-order valence-electron chi connectivity index (χ2n) is 5.13. The third-order valence-electron chi connectivity index (χ3n) is 2.97. The van der Waals surface area contributed by atoms with Crippen molar-refractivity contribution >= 4 is 17.9 Å². The lowest BCUT2D eigenvalue weighted by Crippen LogP contribution is -2.56. The van der Waals surface area contributed by atoms with Crippen LogP contribution in [0.15, 0.2) is 0 Å². The highest BCUT2D eigenvalue weighted by atomic mass is 19.4. The molecule has 1 unspecified atom stereocenters. The summed E-state index contributed by atoms with van der Waals surface area (Å²) >= 11 is 0. The Kier molecular flexibility index (Phi) is 3.30. The summed E-state index contributed by atoms with van der Waals surface area (Å²) in [5.41, 5.74) is -4.55. The largest absolute Gasteiger partial charge is 0.481 e. The maximum absolute atomic E-state index is 12.8. The maximum Gasteiger partial charge on any atom is 0.420 e. The number of carbonyl (C=O) groups excluding carboxylic acids is 2. The van der Waals surface area contributed by atoms with Crippen LogP contribution >= 0.6 is 0 Å². The van der Waals surface area contributed by atoms with E-state index in [-0.39, 0.29) is 4.90 Å². The van der Waals surface area contributed by atoms with Crippen LogP contribution in [0.2, 0.25) is 0 Å². The minimum absolute atomic E-state index is 0.279. The number of hydrogen-bond donors (Lipinski definition) is 2. The third kappa shape index (κ3) is 2.36. The Morgan fingerprint density at radius 1 is 1.37 bits per heavy atom. The molecule has 6 nitrogen and oxygen atoms in total. The van der Waals surface area contributed by atoms with Crippen molar-refractivity contribution in [1.82, 2.24) is 10.2 Å². The van der Waals surface area contributed by atoms with Crippen LogP contribution in [0.1, 0.15) is 20.8 Å². The molecule has 19 heavy (non-hydrogen) atoms. The first kappa shape index (κ1) is 15.3. The minimum Gasteiger partial charge on any atom is -0.481 e. The third-order valence-corrected chi connectivity index (χ3v) is 2.97. The van der Waals surface area contributed by atoms with Crippen molar-refractivity contribution < 1.29 is 32.7 Å². The second-order valence-corrected chi connectivity index (χ2v) is 5.13. The molecule has 108 valence electrons. The van der Waals surface area contributed by atoms with E-state index in [2.05, 4.69) is 0 Å². The molecule has 0 spiro atoms. The van der Waals surface area contributed by atoms with Gasteiger partial charge < -0.3 is 10.4 Å². The monoisotopic (exact) mass is 282 g/mol. The smallest absolute Gasteiger partial charge is 0.420 e. The summed E-state index contributed by atoms with van der Waals surface area (Å²) < 4.78 is 38.3. The molecule has 1 heterocycles. The van der Waals surface area contributed by atoms with E-state index >= 15 is 0 Å². The SMILES string of the molecule is CC(C)(CN1C(=O)NC(C)(C(F)(F)F)C1=O)C(=O)O. The van der Waals surface area contributed by atoms with E-state index < -0.39 is 41.6 Å². The van der Waals surface area contributed by atoms with Gasteiger partial charge in [0.15, 0.2) is 0 Å². The zero-order valence-corrected chi connectivity index (χ0v) is 10.5. The van der Waals surface area contributed by atoms with Gasteiger partial charge in [0.05, 0.1) is 5.41 Å². The molecule has 1 aliphatic heterocycles. The van der Waals surface area contributed by atoms with Crippen LogP contribution in [-0.2, 0) is 9.59 Å². The highest BCUT2D eigenvalue weighted by Crippen LogP contribution is 2.36. The fraction of sp³-hybridized carbons (Fsp3) is 0.700. The van der Waals surface area contributed by atoms with Crippen molar-refractivity contribution in [2.75, 3.05) is 6.54 Å². The van der Waals surface area contributed by atoms with E-state index in [1.54, 1.807) is 5.32 Å². The average molecular weight is 282 g/mol. The van der Waals surface area contributed by atoms with Gasteiger partial charge >= 0.3 is 18.2 Å². The number of nitrogens with zero attached hydrogens (tertiary/aromatic N) is 1. The Labute approximate surface area is 106 Å². The molecule has 0 aromatic rings. The molecule has 0 saturated carbocycles. The lowest BCUT2D eigenvalue weighted by molar-refractivity contribution is -0.191. The van der Waals surface area contributed by atoms with Gasteiger partial charge in [-0.25, -0.2) is 4.79 Å². The van der Waals surface area contributed by atoms with Gasteiger partial charge in [-0.3, -0.25) is 14.5 Å². The molecule has 0 aromatic carbocycles. The molecule has 0 aromatic heterocycles. The molecule has 0 bridgehead atoms. The molecule has 0 aliphatic carbocycles. The normalized spacial score (nSPS) is 24.6. The fourth-order valence-corrected chi connectivity index (χ4v) is 1.50. The quantitative estimate of drug-likeness (QED) is 0.755. The molecule has 1 aliphatic rings. The summed E-state index contributed by atoms with van der Waals surface area (Å²) in [5.74, 6) is -2.83. The molecule has 1 saturated heterocycles. The first-order valence-corrected chi connectivity index (χ1v) is 5.27. The number of alkyl halides is 3. The van der Waals surface area contributed by atoms with E-state index in [0.29, 0.717) is 6.92 Å². The predicted molar refractivity (Wildman–Crippen MR) is 56.1 cm³/mol. The molecular formula is C10H13F3N2O4. The molecule has 1 fully saturated rings. The topological polar surface area (TPSA) is 86.7 Å². The van der Waals surface area contributed by atoms with Crippen molar-refractivity contribution in [3.63, 3.8) is 0 Å². The van der Waals surface area contributed by atoms with Crippen molar-refractivity contribution in [2.24, 2.45) is 5.41 Å². The molecule has 9 heteroatoms. The first-order valence-electron chi connectivity index (χ1n) is 5.27. The Morgan fingerprint density at radius 2 is 1.84 bits per heavy atom. The van der Waals surface area contributed by atoms with Crippen LogP contribution in [0.25, 0.3) is 0 Å². The van der Waals surface area contributed by atoms with E-state index in [0.717, 1.165) is 0 Å². The van der Waals surface area contributed by atoms with Gasteiger partial charge in [0.2, 0.25) is 5.54 Å². The maximum atomic E-state index is 12.8. The lowest BCUT2D eigenvalue weighted by Gasteiger charge is -2.27. The highest BCUT2D eigenvalue weighted by molar-refractivity contribution is 6.07. The minimum atomic E-state index is -4.96. The van der Waals surface area contributed by atoms with Crippen LogP contribution < -0.4 is 5.32 Å². The molecule has 2 N–H and O–H groups in total. The van der Waals surface area contributed by atoms with E-state index in [4.69, 9.17) is 5.11 Å². The number of carboxylic acids is 1. The van der Waals surface area contributed by atoms with Crippen molar-refractivity contribution in [3.8, 4) is 0 Å². The molecular weight excluding hydrogens is 269 g/mol. The molecule has 1 atom stereocenters. The molecule has 1 rings (SSSR count). The standard InChI is InChI=1S/C10H13F3N2O4/c1-8(2,6(17)18)4-15-5(16)9(3,10(11,12)13)14-7(15)19/h4H2,1-3H3,(H,14,19)(H,17,18). The van der Waals surface area contributed by atoms with Gasteiger partial charge in [0.25, 0.3) is 5.91 Å². The molecule has 3 amide bonds. The van der Waals surface area contributed by atoms with E-state index in [1.807, 2.05) is 0 Å². The number of aliphatic carboxylic acids is 1. The number of rotatable bonds is 3. The van der Waals surface area contributed by atoms with Crippen LogP contribution in [0.4, 0.5) is 18.0 Å². The van der Waals surface area contributed by atoms with E-state index in [1.165, 1.54) is 13.8 Å². The Balaban J connectivity index is 3.05.